The summed E-state index contributed by atoms with van der Waals surface area (Å²) in [6, 6.07) is 44.6. The van der Waals surface area contributed by atoms with Crippen molar-refractivity contribution in [1.82, 2.24) is 0 Å². The molecule has 0 atom stereocenters. The van der Waals surface area contributed by atoms with Crippen molar-refractivity contribution in [3.05, 3.63) is 132 Å². The van der Waals surface area contributed by atoms with E-state index in [1.165, 1.54) is 76.5 Å². The van der Waals surface area contributed by atoms with Gasteiger partial charge in [-0.3, -0.25) is 0 Å². The van der Waals surface area contributed by atoms with E-state index in [-0.39, 0.29) is 5.41 Å². The third-order valence-electron chi connectivity index (χ3n) is 9.21. The van der Waals surface area contributed by atoms with Crippen LogP contribution in [0.5, 0.6) is 0 Å². The average molecular weight is 511 g/mol. The molecule has 0 unspecified atom stereocenters. The Labute approximate surface area is 232 Å². The lowest BCUT2D eigenvalue weighted by atomic mass is 9.81. The fourth-order valence-electron chi connectivity index (χ4n) is 7.23. The molecule has 0 aliphatic heterocycles. The van der Waals surface area contributed by atoms with Crippen LogP contribution in [0.1, 0.15) is 25.0 Å². The molecule has 1 aliphatic rings. The van der Waals surface area contributed by atoms with Crippen molar-refractivity contribution < 1.29 is 4.42 Å². The molecule has 1 heterocycles. The van der Waals surface area contributed by atoms with Gasteiger partial charge in [-0.05, 0) is 96.7 Å². The minimum absolute atomic E-state index is 0.105. The van der Waals surface area contributed by atoms with E-state index in [0.717, 1.165) is 11.2 Å². The Morgan fingerprint density at radius 2 is 1.12 bits per heavy atom. The van der Waals surface area contributed by atoms with Gasteiger partial charge >= 0.3 is 0 Å². The van der Waals surface area contributed by atoms with Gasteiger partial charge in [-0.1, -0.05) is 98.8 Å². The average Bonchev–Trinajstić information content (AvgIpc) is 3.47. The third-order valence-corrected chi connectivity index (χ3v) is 9.21. The van der Waals surface area contributed by atoms with Crippen LogP contribution in [0.25, 0.3) is 76.5 Å². The highest BCUT2D eigenvalue weighted by atomic mass is 16.3. The van der Waals surface area contributed by atoms with E-state index in [1.54, 1.807) is 0 Å². The summed E-state index contributed by atoms with van der Waals surface area (Å²) in [7, 11) is 0. The fourth-order valence-corrected chi connectivity index (χ4v) is 7.23. The van der Waals surface area contributed by atoms with Crippen molar-refractivity contribution in [3.8, 4) is 22.3 Å². The highest BCUT2D eigenvalue weighted by Gasteiger charge is 2.36. The van der Waals surface area contributed by atoms with Gasteiger partial charge in [-0.25, -0.2) is 0 Å². The topological polar surface area (TPSA) is 13.1 Å². The van der Waals surface area contributed by atoms with E-state index in [0.29, 0.717) is 0 Å². The molecule has 1 heteroatoms. The number of benzene rings is 7. The van der Waals surface area contributed by atoms with E-state index in [9.17, 15) is 0 Å². The second-order valence-corrected chi connectivity index (χ2v) is 11.7. The number of hydrogen-bond donors (Lipinski definition) is 0. The molecule has 8 aromatic rings. The van der Waals surface area contributed by atoms with Crippen molar-refractivity contribution in [2.24, 2.45) is 0 Å². The molecule has 0 bridgehead atoms. The first-order valence-electron chi connectivity index (χ1n) is 14.0. The first-order chi connectivity index (χ1) is 19.6. The predicted octanol–water partition coefficient (Wildman–Crippen LogP) is 11.0. The van der Waals surface area contributed by atoms with Gasteiger partial charge in [0.2, 0.25) is 0 Å². The van der Waals surface area contributed by atoms with Crippen molar-refractivity contribution in [2.75, 3.05) is 0 Å². The quantitative estimate of drug-likeness (QED) is 0.200. The molecule has 0 N–H and O–H groups in total. The maximum Gasteiger partial charge on any atom is 0.143 e. The molecule has 0 saturated carbocycles. The lowest BCUT2D eigenvalue weighted by Crippen LogP contribution is -2.14. The smallest absolute Gasteiger partial charge is 0.143 e. The molecule has 0 spiro atoms. The zero-order valence-electron chi connectivity index (χ0n) is 22.5. The molecule has 1 aromatic heterocycles. The summed E-state index contributed by atoms with van der Waals surface area (Å²) >= 11 is 0. The van der Waals surface area contributed by atoms with Gasteiger partial charge in [0.15, 0.2) is 0 Å². The number of furan rings is 1. The van der Waals surface area contributed by atoms with Crippen LogP contribution in [0.2, 0.25) is 0 Å². The van der Waals surface area contributed by atoms with E-state index in [1.807, 2.05) is 6.07 Å². The van der Waals surface area contributed by atoms with Crippen LogP contribution in [0.3, 0.4) is 0 Å². The molecule has 188 valence electrons. The van der Waals surface area contributed by atoms with Crippen molar-refractivity contribution in [1.29, 1.82) is 0 Å². The second-order valence-electron chi connectivity index (χ2n) is 11.7. The molecule has 0 fully saturated rings. The molecule has 40 heavy (non-hydrogen) atoms. The predicted molar refractivity (Wildman–Crippen MR) is 169 cm³/mol. The molecule has 1 nitrogen and oxygen atoms in total. The zero-order chi connectivity index (χ0) is 26.6. The summed E-state index contributed by atoms with van der Waals surface area (Å²) in [5, 5.41) is 9.91. The lowest BCUT2D eigenvalue weighted by molar-refractivity contribution is 0.660. The van der Waals surface area contributed by atoms with E-state index in [2.05, 4.69) is 129 Å². The summed E-state index contributed by atoms with van der Waals surface area (Å²) in [6.07, 6.45) is 0. The number of para-hydroxylation sites is 1. The number of hydrogen-bond acceptors (Lipinski definition) is 1. The van der Waals surface area contributed by atoms with Gasteiger partial charge in [-0.15, -0.1) is 0 Å². The normalized spacial score (nSPS) is 13.9. The van der Waals surface area contributed by atoms with Crippen LogP contribution >= 0.6 is 0 Å². The van der Waals surface area contributed by atoms with E-state index in [4.69, 9.17) is 4.42 Å². The maximum absolute atomic E-state index is 6.43. The minimum Gasteiger partial charge on any atom is -0.455 e. The van der Waals surface area contributed by atoms with Gasteiger partial charge in [-0.2, -0.15) is 0 Å². The van der Waals surface area contributed by atoms with Gasteiger partial charge in [0.1, 0.15) is 11.2 Å². The molecule has 7 aromatic carbocycles. The lowest BCUT2D eigenvalue weighted by Gasteiger charge is -2.22. The molecular weight excluding hydrogens is 484 g/mol. The molecular formula is C39H26O. The Bertz CT molecular complexity index is 2290. The van der Waals surface area contributed by atoms with Crippen LogP contribution in [0.4, 0.5) is 0 Å². The monoisotopic (exact) mass is 510 g/mol. The fraction of sp³-hybridized carbons (Fsp3) is 0.0769. The summed E-state index contributed by atoms with van der Waals surface area (Å²) in [5.74, 6) is 0. The molecule has 0 amide bonds. The molecule has 0 radical (unpaired) electrons. The largest absolute Gasteiger partial charge is 0.455 e. The van der Waals surface area contributed by atoms with Crippen LogP contribution < -0.4 is 0 Å². The van der Waals surface area contributed by atoms with Crippen LogP contribution in [-0.4, -0.2) is 0 Å². The summed E-state index contributed by atoms with van der Waals surface area (Å²) in [6.45, 7) is 4.71. The van der Waals surface area contributed by atoms with Crippen molar-refractivity contribution >= 4 is 54.3 Å². The zero-order valence-corrected chi connectivity index (χ0v) is 22.5. The van der Waals surface area contributed by atoms with E-state index < -0.39 is 0 Å². The van der Waals surface area contributed by atoms with Crippen LogP contribution in [-0.2, 0) is 5.41 Å². The Balaban J connectivity index is 1.33. The Kier molecular flexibility index (Phi) is 4.18. The maximum atomic E-state index is 6.43. The second kappa shape index (κ2) is 7.61. The Hall–Kier alpha value is -4.88. The van der Waals surface area contributed by atoms with Crippen LogP contribution in [0, 0.1) is 0 Å². The van der Waals surface area contributed by atoms with Gasteiger partial charge in [0.25, 0.3) is 0 Å². The molecule has 9 rings (SSSR count). The third kappa shape index (κ3) is 2.82. The van der Waals surface area contributed by atoms with Gasteiger partial charge < -0.3 is 4.42 Å². The number of fused-ring (bicyclic) bond motifs is 10. The Morgan fingerprint density at radius 3 is 1.90 bits per heavy atom. The first kappa shape index (κ1) is 22.0. The SMILES string of the molecule is CC1(C)c2ccc(-c3c4ccccc4cc4ccccc34)cc2-c2cc3ccc4c5ccccc5oc4c3cc21. The minimum atomic E-state index is -0.105. The highest BCUT2D eigenvalue weighted by Crippen LogP contribution is 2.52. The first-order valence-corrected chi connectivity index (χ1v) is 14.0. The highest BCUT2D eigenvalue weighted by molar-refractivity contribution is 6.16. The summed E-state index contributed by atoms with van der Waals surface area (Å²) in [5.41, 5.74) is 9.81. The molecule has 0 saturated heterocycles. The van der Waals surface area contributed by atoms with Gasteiger partial charge in [0, 0.05) is 21.6 Å². The van der Waals surface area contributed by atoms with E-state index >= 15 is 0 Å². The van der Waals surface area contributed by atoms with Crippen LogP contribution in [0.15, 0.2) is 126 Å². The summed E-state index contributed by atoms with van der Waals surface area (Å²) in [4.78, 5) is 0. The van der Waals surface area contributed by atoms with Crippen molar-refractivity contribution in [2.45, 2.75) is 19.3 Å². The van der Waals surface area contributed by atoms with Gasteiger partial charge in [0.05, 0.1) is 0 Å². The standard InChI is InChI=1S/C39H26O/c1-39(2)34-18-16-26(37-27-11-5-3-9-23(27)19-24-10-4-6-12-28(24)37)21-32(34)33-20-25-15-17-30-29-13-7-8-14-36(29)40-38(30)31(25)22-35(33)39/h3-22H,1-2H3. The summed E-state index contributed by atoms with van der Waals surface area (Å²) < 4.78 is 6.43. The number of rotatable bonds is 1. The molecule has 1 aliphatic carbocycles. The Morgan fingerprint density at radius 1 is 0.475 bits per heavy atom. The van der Waals surface area contributed by atoms with Crippen molar-refractivity contribution in [3.63, 3.8) is 0 Å².